The molecule has 1 heterocycles. The lowest BCUT2D eigenvalue weighted by molar-refractivity contribution is -0.140. The number of carbonyl (C=O) groups excluding carboxylic acids is 1. The first-order chi connectivity index (χ1) is 11.1. The van der Waals surface area contributed by atoms with Gasteiger partial charge in [0.05, 0.1) is 19.6 Å². The number of aryl methyl sites for hydroxylation is 1. The first-order valence-corrected chi connectivity index (χ1v) is 8.97. The van der Waals surface area contributed by atoms with E-state index in [0.717, 1.165) is 30.1 Å². The van der Waals surface area contributed by atoms with Crippen LogP contribution in [0.25, 0.3) is 0 Å². The summed E-state index contributed by atoms with van der Waals surface area (Å²) in [6.07, 6.45) is 2.11. The number of methoxy groups -OCH3 is 1. The maximum absolute atomic E-state index is 12.4. The molecule has 0 bridgehead atoms. The fourth-order valence-electron chi connectivity index (χ4n) is 2.73. The van der Waals surface area contributed by atoms with E-state index in [1.807, 2.05) is 24.3 Å². The Kier molecular flexibility index (Phi) is 6.77. The van der Waals surface area contributed by atoms with E-state index in [2.05, 4.69) is 0 Å². The number of benzene rings is 1. The molecular formula is C17H23NO4S. The van der Waals surface area contributed by atoms with Gasteiger partial charge in [0.1, 0.15) is 5.75 Å². The van der Waals surface area contributed by atoms with Gasteiger partial charge in [-0.3, -0.25) is 9.59 Å². The number of ether oxygens (including phenoxy) is 1. The SMILES string of the molecule is COc1ccc(CCCC(=O)N2CCSCC2CC(=O)O)cc1. The third kappa shape index (κ3) is 5.46. The summed E-state index contributed by atoms with van der Waals surface area (Å²) in [5, 5.41) is 8.98. The van der Waals surface area contributed by atoms with Crippen LogP contribution in [0.15, 0.2) is 24.3 Å². The fourth-order valence-corrected chi connectivity index (χ4v) is 3.80. The van der Waals surface area contributed by atoms with Crippen molar-refractivity contribution in [1.29, 1.82) is 0 Å². The highest BCUT2D eigenvalue weighted by atomic mass is 32.2. The van der Waals surface area contributed by atoms with E-state index in [-0.39, 0.29) is 18.4 Å². The van der Waals surface area contributed by atoms with Crippen molar-refractivity contribution in [3.05, 3.63) is 29.8 Å². The minimum absolute atomic E-state index is 0.0389. The van der Waals surface area contributed by atoms with Gasteiger partial charge in [0.25, 0.3) is 0 Å². The van der Waals surface area contributed by atoms with Gasteiger partial charge in [0.15, 0.2) is 0 Å². The highest BCUT2D eigenvalue weighted by Crippen LogP contribution is 2.21. The number of thioether (sulfide) groups is 1. The van der Waals surface area contributed by atoms with Gasteiger partial charge in [-0.1, -0.05) is 12.1 Å². The van der Waals surface area contributed by atoms with E-state index in [0.29, 0.717) is 13.0 Å². The smallest absolute Gasteiger partial charge is 0.305 e. The maximum Gasteiger partial charge on any atom is 0.305 e. The zero-order chi connectivity index (χ0) is 16.7. The van der Waals surface area contributed by atoms with Crippen LogP contribution in [-0.2, 0) is 16.0 Å². The van der Waals surface area contributed by atoms with Crippen LogP contribution < -0.4 is 4.74 Å². The molecule has 0 spiro atoms. The Labute approximate surface area is 141 Å². The summed E-state index contributed by atoms with van der Waals surface area (Å²) in [5.41, 5.74) is 1.18. The van der Waals surface area contributed by atoms with Crippen molar-refractivity contribution in [3.63, 3.8) is 0 Å². The number of carbonyl (C=O) groups is 2. The van der Waals surface area contributed by atoms with Gasteiger partial charge >= 0.3 is 5.97 Å². The summed E-state index contributed by atoms with van der Waals surface area (Å²) in [6.45, 7) is 0.657. The molecule has 1 aromatic carbocycles. The third-order valence-corrected chi connectivity index (χ3v) is 5.07. The molecule has 2 rings (SSSR count). The number of carboxylic acids is 1. The van der Waals surface area contributed by atoms with Gasteiger partial charge in [-0.05, 0) is 30.5 Å². The van der Waals surface area contributed by atoms with Crippen LogP contribution in [0.5, 0.6) is 5.75 Å². The molecule has 5 nitrogen and oxygen atoms in total. The molecule has 1 aliphatic heterocycles. The maximum atomic E-state index is 12.4. The van der Waals surface area contributed by atoms with Gasteiger partial charge in [-0.2, -0.15) is 11.8 Å². The van der Waals surface area contributed by atoms with Crippen molar-refractivity contribution in [2.75, 3.05) is 25.2 Å². The van der Waals surface area contributed by atoms with Crippen molar-refractivity contribution in [1.82, 2.24) is 4.90 Å². The molecule has 1 unspecified atom stereocenters. The lowest BCUT2D eigenvalue weighted by atomic mass is 10.1. The number of hydrogen-bond acceptors (Lipinski definition) is 4. The Morgan fingerprint density at radius 2 is 2.09 bits per heavy atom. The first-order valence-electron chi connectivity index (χ1n) is 7.82. The monoisotopic (exact) mass is 337 g/mol. The predicted octanol–water partition coefficient (Wildman–Crippen LogP) is 2.44. The molecule has 1 atom stereocenters. The largest absolute Gasteiger partial charge is 0.497 e. The zero-order valence-corrected chi connectivity index (χ0v) is 14.2. The lowest BCUT2D eigenvalue weighted by Gasteiger charge is -2.34. The van der Waals surface area contributed by atoms with Crippen LogP contribution >= 0.6 is 11.8 Å². The number of rotatable bonds is 7. The Morgan fingerprint density at radius 3 is 2.74 bits per heavy atom. The molecule has 0 aromatic heterocycles. The topological polar surface area (TPSA) is 66.8 Å². The van der Waals surface area contributed by atoms with Crippen molar-refractivity contribution >= 4 is 23.6 Å². The van der Waals surface area contributed by atoms with Crippen LogP contribution in [0, 0.1) is 0 Å². The molecule has 23 heavy (non-hydrogen) atoms. The Hall–Kier alpha value is -1.69. The second-order valence-corrected chi connectivity index (χ2v) is 6.77. The predicted molar refractivity (Wildman–Crippen MR) is 91.0 cm³/mol. The van der Waals surface area contributed by atoms with E-state index in [1.165, 1.54) is 5.56 Å². The first kappa shape index (κ1) is 17.7. The Bertz CT molecular complexity index is 532. The van der Waals surface area contributed by atoms with E-state index in [9.17, 15) is 9.59 Å². The molecule has 1 aliphatic rings. The van der Waals surface area contributed by atoms with Crippen molar-refractivity contribution < 1.29 is 19.4 Å². The normalized spacial score (nSPS) is 17.8. The average Bonchev–Trinajstić information content (AvgIpc) is 2.55. The van der Waals surface area contributed by atoms with Crippen molar-refractivity contribution in [3.8, 4) is 5.75 Å². The van der Waals surface area contributed by atoms with Crippen LogP contribution in [0.4, 0.5) is 0 Å². The molecule has 1 N–H and O–H groups in total. The Morgan fingerprint density at radius 1 is 1.35 bits per heavy atom. The summed E-state index contributed by atoms with van der Waals surface area (Å²) in [7, 11) is 1.64. The van der Waals surface area contributed by atoms with Gasteiger partial charge in [0, 0.05) is 24.5 Å². The van der Waals surface area contributed by atoms with Crippen molar-refractivity contribution in [2.45, 2.75) is 31.7 Å². The van der Waals surface area contributed by atoms with E-state index < -0.39 is 5.97 Å². The average molecular weight is 337 g/mol. The van der Waals surface area contributed by atoms with Gasteiger partial charge in [0.2, 0.25) is 5.91 Å². The van der Waals surface area contributed by atoms with Gasteiger partial charge < -0.3 is 14.7 Å². The van der Waals surface area contributed by atoms with Gasteiger partial charge in [-0.15, -0.1) is 0 Å². The molecule has 1 amide bonds. The number of nitrogens with zero attached hydrogens (tertiary/aromatic N) is 1. The number of aliphatic carboxylic acids is 1. The molecule has 1 fully saturated rings. The number of carboxylic acid groups (broad SMARTS) is 1. The van der Waals surface area contributed by atoms with Crippen LogP contribution in [0.1, 0.15) is 24.8 Å². The molecule has 1 saturated heterocycles. The molecular weight excluding hydrogens is 314 g/mol. The summed E-state index contributed by atoms with van der Waals surface area (Å²) < 4.78 is 5.12. The molecule has 0 saturated carbocycles. The van der Waals surface area contributed by atoms with Crippen LogP contribution in [-0.4, -0.2) is 53.1 Å². The second kappa shape index (κ2) is 8.82. The van der Waals surface area contributed by atoms with Crippen molar-refractivity contribution in [2.24, 2.45) is 0 Å². The standard InChI is InChI=1S/C17H23NO4S/c1-22-15-7-5-13(6-8-15)3-2-4-16(19)18-9-10-23-12-14(18)11-17(20)21/h5-8,14H,2-4,9-12H2,1H3,(H,20,21). The fraction of sp³-hybridized carbons (Fsp3) is 0.529. The number of hydrogen-bond donors (Lipinski definition) is 1. The summed E-state index contributed by atoms with van der Waals surface area (Å²) in [5.74, 6) is 1.67. The van der Waals surface area contributed by atoms with E-state index in [4.69, 9.17) is 9.84 Å². The minimum atomic E-state index is -0.839. The number of amides is 1. The molecule has 126 valence electrons. The molecule has 1 aromatic rings. The summed E-state index contributed by atoms with van der Waals surface area (Å²) in [6, 6.07) is 7.69. The molecule has 0 radical (unpaired) electrons. The quantitative estimate of drug-likeness (QED) is 0.828. The van der Waals surface area contributed by atoms with E-state index in [1.54, 1.807) is 23.8 Å². The van der Waals surface area contributed by atoms with Crippen LogP contribution in [0.3, 0.4) is 0 Å². The zero-order valence-electron chi connectivity index (χ0n) is 13.4. The highest BCUT2D eigenvalue weighted by Gasteiger charge is 2.28. The van der Waals surface area contributed by atoms with Gasteiger partial charge in [-0.25, -0.2) is 0 Å². The molecule has 6 heteroatoms. The molecule has 0 aliphatic carbocycles. The Balaban J connectivity index is 1.81. The lowest BCUT2D eigenvalue weighted by Crippen LogP contribution is -2.47. The van der Waals surface area contributed by atoms with E-state index >= 15 is 0 Å². The third-order valence-electron chi connectivity index (χ3n) is 3.97. The summed E-state index contributed by atoms with van der Waals surface area (Å²) in [4.78, 5) is 25.1. The minimum Gasteiger partial charge on any atom is -0.497 e. The van der Waals surface area contributed by atoms with Crippen LogP contribution in [0.2, 0.25) is 0 Å². The second-order valence-electron chi connectivity index (χ2n) is 5.62. The summed E-state index contributed by atoms with van der Waals surface area (Å²) >= 11 is 1.72. The highest BCUT2D eigenvalue weighted by molar-refractivity contribution is 7.99.